The van der Waals surface area contributed by atoms with Gasteiger partial charge in [-0.15, -0.1) is 0 Å². The minimum atomic E-state index is -0.252. The maximum Gasteiger partial charge on any atom is 0.305 e. The van der Waals surface area contributed by atoms with E-state index in [-0.39, 0.29) is 17.5 Å². The number of ether oxygens (including phenoxy) is 5. The average molecular weight is 647 g/mol. The molecule has 6 rings (SSSR count). The second-order valence-electron chi connectivity index (χ2n) is 13.3. The maximum absolute atomic E-state index is 11.4. The summed E-state index contributed by atoms with van der Waals surface area (Å²) in [4.78, 5) is 11.4. The number of hydrogen-bond donors (Lipinski definition) is 0. The van der Waals surface area contributed by atoms with Crippen molar-refractivity contribution in [3.8, 4) is 0 Å². The van der Waals surface area contributed by atoms with Crippen LogP contribution in [0.3, 0.4) is 0 Å². The van der Waals surface area contributed by atoms with Crippen LogP contribution in [-0.4, -0.2) is 55.0 Å². The van der Waals surface area contributed by atoms with Gasteiger partial charge >= 0.3 is 5.97 Å². The van der Waals surface area contributed by atoms with E-state index in [0.29, 0.717) is 23.9 Å². The number of esters is 1. The molecule has 0 radical (unpaired) electrons. The Kier molecular flexibility index (Phi) is 10.0. The van der Waals surface area contributed by atoms with E-state index >= 15 is 0 Å². The first-order chi connectivity index (χ1) is 18.4. The number of carbonyl (C=O) groups is 1. The van der Waals surface area contributed by atoms with Crippen molar-refractivity contribution in [3.63, 3.8) is 0 Å². The van der Waals surface area contributed by atoms with Crippen LogP contribution in [0, 0.1) is 22.7 Å². The van der Waals surface area contributed by atoms with Crippen LogP contribution in [-0.2, 0) is 28.5 Å². The van der Waals surface area contributed by atoms with Crippen molar-refractivity contribution in [2.75, 3.05) is 37.5 Å². The van der Waals surface area contributed by atoms with Crippen LogP contribution in [0.1, 0.15) is 116 Å². The van der Waals surface area contributed by atoms with Gasteiger partial charge in [0.2, 0.25) is 0 Å². The Labute approximate surface area is 244 Å². The molecule has 0 aromatic carbocycles. The second kappa shape index (κ2) is 12.9. The van der Waals surface area contributed by atoms with Crippen molar-refractivity contribution in [1.29, 1.82) is 0 Å². The van der Waals surface area contributed by atoms with Crippen LogP contribution in [0.4, 0.5) is 0 Å². The molecule has 0 aromatic rings. The predicted molar refractivity (Wildman–Crippen MR) is 155 cm³/mol. The summed E-state index contributed by atoms with van der Waals surface area (Å²) in [5.41, 5.74) is 1.01. The summed E-state index contributed by atoms with van der Waals surface area (Å²) in [5.74, 6) is 1.26. The quantitative estimate of drug-likeness (QED) is 0.171. The van der Waals surface area contributed by atoms with E-state index in [9.17, 15) is 4.79 Å². The molecule has 38 heavy (non-hydrogen) atoms. The molecule has 6 aliphatic rings. The molecule has 4 saturated carbocycles. The Morgan fingerprint density at radius 2 is 1.32 bits per heavy atom. The van der Waals surface area contributed by atoms with Gasteiger partial charge in [0.25, 0.3) is 0 Å². The summed E-state index contributed by atoms with van der Waals surface area (Å²) in [6.45, 7) is 5.51. The second-order valence-corrected chi connectivity index (χ2v) is 14.2. The monoisotopic (exact) mass is 646 g/mol. The number of rotatable bonds is 6. The summed E-state index contributed by atoms with van der Waals surface area (Å²) >= 11 is 2.55. The van der Waals surface area contributed by atoms with Crippen molar-refractivity contribution < 1.29 is 28.5 Å². The maximum atomic E-state index is 11.4. The van der Waals surface area contributed by atoms with Crippen molar-refractivity contribution in [2.24, 2.45) is 22.7 Å². The predicted octanol–water partition coefficient (Wildman–Crippen LogP) is 7.35. The van der Waals surface area contributed by atoms with Gasteiger partial charge in [0.1, 0.15) is 0 Å². The van der Waals surface area contributed by atoms with Crippen molar-refractivity contribution in [3.05, 3.63) is 0 Å². The fourth-order valence-corrected chi connectivity index (χ4v) is 9.78. The highest BCUT2D eigenvalue weighted by atomic mass is 127. The average Bonchev–Trinajstić information content (AvgIpc) is 3.70. The van der Waals surface area contributed by atoms with Crippen molar-refractivity contribution in [2.45, 2.75) is 128 Å². The lowest BCUT2D eigenvalue weighted by molar-refractivity contribution is -0.202. The Hall–Kier alpha value is 0.0400. The zero-order chi connectivity index (χ0) is 26.5. The Bertz CT molecular complexity index is 778. The normalized spacial score (nSPS) is 37.2. The largest absolute Gasteiger partial charge is 0.466 e. The molecule has 2 saturated heterocycles. The third kappa shape index (κ3) is 7.08. The molecule has 4 atom stereocenters. The van der Waals surface area contributed by atoms with Gasteiger partial charge in [-0.05, 0) is 107 Å². The fraction of sp³-hybridized carbons (Fsp3) is 0.968. The topological polar surface area (TPSA) is 63.2 Å². The summed E-state index contributed by atoms with van der Waals surface area (Å²) in [6.07, 6.45) is 20.6. The van der Waals surface area contributed by atoms with Crippen molar-refractivity contribution in [1.82, 2.24) is 0 Å². The van der Waals surface area contributed by atoms with Crippen LogP contribution in [0.25, 0.3) is 0 Å². The van der Waals surface area contributed by atoms with Gasteiger partial charge in [0.05, 0.1) is 33.0 Å². The Morgan fingerprint density at radius 3 is 1.82 bits per heavy atom. The van der Waals surface area contributed by atoms with E-state index in [1.807, 2.05) is 6.92 Å². The molecule has 2 heterocycles. The molecule has 0 bridgehead atoms. The molecular formula is C31H51IO6. The van der Waals surface area contributed by atoms with E-state index in [0.717, 1.165) is 70.4 Å². The highest BCUT2D eigenvalue weighted by Gasteiger charge is 2.52. The molecule has 4 aliphatic carbocycles. The molecule has 0 N–H and O–H groups in total. The van der Waals surface area contributed by atoms with E-state index in [1.54, 1.807) is 0 Å². The SMILES string of the molecule is CCOC(=O)CCC[C@@H]1CC[C@@]2(CCCC3(C2)OCCO3)C1.IC[C@@H]1CC[C@@]2(CCCC3(C2)OCCO3)C1. The lowest BCUT2D eigenvalue weighted by Gasteiger charge is -2.43. The minimum Gasteiger partial charge on any atom is -0.466 e. The molecule has 6 fully saturated rings. The minimum absolute atomic E-state index is 0.0421. The molecule has 0 amide bonds. The van der Waals surface area contributed by atoms with Gasteiger partial charge in [0, 0.05) is 36.5 Å². The molecule has 0 unspecified atom stereocenters. The van der Waals surface area contributed by atoms with E-state index in [4.69, 9.17) is 23.7 Å². The first-order valence-electron chi connectivity index (χ1n) is 15.7. The number of halogens is 1. The van der Waals surface area contributed by atoms with E-state index in [2.05, 4.69) is 22.6 Å². The standard InChI is InChI=1S/C18H30O4.C13H21IO2/c1-2-20-16(19)6-3-5-15-7-10-17(13-15)8-4-9-18(14-17)21-11-12-22-18;14-9-11-2-5-12(8-11)3-1-4-13(10-12)15-6-7-16-13/h15H,2-14H2,1H3;11H,1-10H2/t15-,17+;11-,12+/m11/s1. The van der Waals surface area contributed by atoms with Crippen LogP contribution >= 0.6 is 22.6 Å². The van der Waals surface area contributed by atoms with Crippen LogP contribution in [0.5, 0.6) is 0 Å². The molecule has 2 aliphatic heterocycles. The molecule has 4 spiro atoms. The number of alkyl halides is 1. The number of carbonyl (C=O) groups excluding carboxylic acids is 1. The molecule has 7 heteroatoms. The van der Waals surface area contributed by atoms with Crippen LogP contribution < -0.4 is 0 Å². The fourth-order valence-electron chi connectivity index (χ4n) is 9.02. The highest BCUT2D eigenvalue weighted by molar-refractivity contribution is 14.1. The van der Waals surface area contributed by atoms with Gasteiger partial charge in [-0.1, -0.05) is 22.6 Å². The van der Waals surface area contributed by atoms with Crippen molar-refractivity contribution >= 4 is 28.6 Å². The molecular weight excluding hydrogens is 595 g/mol. The van der Waals surface area contributed by atoms with Crippen LogP contribution in [0.2, 0.25) is 0 Å². The van der Waals surface area contributed by atoms with E-state index in [1.165, 1.54) is 75.1 Å². The smallest absolute Gasteiger partial charge is 0.305 e. The van der Waals surface area contributed by atoms with Gasteiger partial charge in [0.15, 0.2) is 11.6 Å². The lowest BCUT2D eigenvalue weighted by atomic mass is 9.69. The number of hydrogen-bond acceptors (Lipinski definition) is 6. The van der Waals surface area contributed by atoms with Gasteiger partial charge in [-0.3, -0.25) is 4.79 Å². The van der Waals surface area contributed by atoms with Crippen LogP contribution in [0.15, 0.2) is 0 Å². The zero-order valence-corrected chi connectivity index (χ0v) is 25.9. The lowest BCUT2D eigenvalue weighted by Crippen LogP contribution is -2.41. The molecule has 218 valence electrons. The molecule has 6 nitrogen and oxygen atoms in total. The van der Waals surface area contributed by atoms with Gasteiger partial charge in [-0.2, -0.15) is 0 Å². The Morgan fingerprint density at radius 1 is 0.789 bits per heavy atom. The van der Waals surface area contributed by atoms with E-state index < -0.39 is 0 Å². The first-order valence-corrected chi connectivity index (χ1v) is 17.2. The molecule has 0 aromatic heterocycles. The third-order valence-electron chi connectivity index (χ3n) is 10.6. The Balaban J connectivity index is 0.000000162. The highest BCUT2D eigenvalue weighted by Crippen LogP contribution is 2.57. The summed E-state index contributed by atoms with van der Waals surface area (Å²) < 4.78 is 30.1. The summed E-state index contributed by atoms with van der Waals surface area (Å²) in [6, 6.07) is 0. The van der Waals surface area contributed by atoms with Gasteiger partial charge < -0.3 is 23.7 Å². The first kappa shape index (κ1) is 29.5. The van der Waals surface area contributed by atoms with Gasteiger partial charge in [-0.25, -0.2) is 0 Å². The third-order valence-corrected chi connectivity index (χ3v) is 11.8. The zero-order valence-electron chi connectivity index (χ0n) is 23.7. The summed E-state index contributed by atoms with van der Waals surface area (Å²) in [5, 5.41) is 0. The summed E-state index contributed by atoms with van der Waals surface area (Å²) in [7, 11) is 0.